The average Bonchev–Trinajstić information content (AvgIpc) is 3.30. The maximum absolute atomic E-state index is 5.58. The Morgan fingerprint density at radius 3 is 2.62 bits per heavy atom. The first-order valence-corrected chi connectivity index (χ1v) is 12.8. The molecule has 0 spiro atoms. The number of aromatic nitrogens is 4. The van der Waals surface area contributed by atoms with Crippen molar-refractivity contribution in [3.63, 3.8) is 0 Å². The first-order valence-electron chi connectivity index (χ1n) is 12.0. The van der Waals surface area contributed by atoms with E-state index in [9.17, 15) is 0 Å². The van der Waals surface area contributed by atoms with Gasteiger partial charge in [0.05, 0.1) is 30.8 Å². The van der Waals surface area contributed by atoms with E-state index >= 15 is 0 Å². The predicted octanol–water partition coefficient (Wildman–Crippen LogP) is 2.53. The monoisotopic (exact) mass is 483 g/mol. The van der Waals surface area contributed by atoms with Gasteiger partial charge in [-0.3, -0.25) is 4.90 Å². The molecule has 2 fully saturated rings. The van der Waals surface area contributed by atoms with Gasteiger partial charge in [0.2, 0.25) is 0 Å². The van der Waals surface area contributed by atoms with E-state index < -0.39 is 0 Å². The van der Waals surface area contributed by atoms with E-state index in [0.717, 1.165) is 80.7 Å². The molecule has 5 rings (SSSR count). The normalized spacial score (nSPS) is 18.3. The Bertz CT molecular complexity index is 1070. The van der Waals surface area contributed by atoms with Gasteiger partial charge in [0.15, 0.2) is 5.82 Å². The number of rotatable bonds is 8. The second kappa shape index (κ2) is 11.0. The van der Waals surface area contributed by atoms with Crippen molar-refractivity contribution in [2.45, 2.75) is 25.4 Å². The van der Waals surface area contributed by atoms with Crippen molar-refractivity contribution >= 4 is 27.4 Å². The van der Waals surface area contributed by atoms with E-state index in [4.69, 9.17) is 19.4 Å². The minimum atomic E-state index is 0.642. The van der Waals surface area contributed by atoms with Crippen LogP contribution in [0.4, 0.5) is 5.82 Å². The Hall–Kier alpha value is -2.24. The van der Waals surface area contributed by atoms with Gasteiger partial charge in [-0.2, -0.15) is 0 Å². The van der Waals surface area contributed by atoms with Crippen molar-refractivity contribution < 1.29 is 9.47 Å². The molecule has 2 aliphatic heterocycles. The highest BCUT2D eigenvalue weighted by molar-refractivity contribution is 7.18. The van der Waals surface area contributed by atoms with Crippen LogP contribution in [0.2, 0.25) is 0 Å². The molecular formula is C24H33N7O2S. The third kappa shape index (κ3) is 5.36. The van der Waals surface area contributed by atoms with Crippen molar-refractivity contribution in [2.24, 2.45) is 0 Å². The van der Waals surface area contributed by atoms with Crippen LogP contribution in [0.25, 0.3) is 21.6 Å². The van der Waals surface area contributed by atoms with E-state index in [1.165, 1.54) is 24.0 Å². The van der Waals surface area contributed by atoms with Gasteiger partial charge in [-0.25, -0.2) is 19.9 Å². The zero-order valence-corrected chi connectivity index (χ0v) is 20.8. The van der Waals surface area contributed by atoms with Crippen molar-refractivity contribution in [2.75, 3.05) is 71.6 Å². The lowest BCUT2D eigenvalue weighted by Gasteiger charge is -2.36. The molecule has 3 aromatic rings. The van der Waals surface area contributed by atoms with Crippen LogP contribution in [0.15, 0.2) is 24.8 Å². The van der Waals surface area contributed by atoms with Crippen molar-refractivity contribution in [3.05, 3.63) is 29.7 Å². The second-order valence-corrected chi connectivity index (χ2v) is 10.1. The molecule has 182 valence electrons. The standard InChI is InChI=1S/C24H33N7O2S/c1-29(7-10-32-2)19-3-5-30(6-4-19)16-20-13-21-23(31-8-11-33-12-9-31)27-22(28-24(21)34-20)18-14-25-17-26-15-18/h13-15,17,19H,3-12,16H2,1-2H3. The number of piperidine rings is 1. The van der Waals surface area contributed by atoms with Crippen LogP contribution in [0, 0.1) is 0 Å². The molecule has 10 heteroatoms. The number of methoxy groups -OCH3 is 1. The van der Waals surface area contributed by atoms with Crippen LogP contribution in [0.1, 0.15) is 17.7 Å². The summed E-state index contributed by atoms with van der Waals surface area (Å²) < 4.78 is 10.8. The number of likely N-dealkylation sites (N-methyl/N-ethyl adjacent to an activating group) is 1. The third-order valence-corrected chi connectivity index (χ3v) is 7.77. The number of anilines is 1. The molecule has 0 radical (unpaired) electrons. The lowest BCUT2D eigenvalue weighted by atomic mass is 10.0. The largest absolute Gasteiger partial charge is 0.383 e. The van der Waals surface area contributed by atoms with Crippen LogP contribution >= 0.6 is 11.3 Å². The SMILES string of the molecule is COCCN(C)C1CCN(Cc2cc3c(N4CCOCC4)nc(-c4cncnc4)nc3s2)CC1. The molecule has 2 aliphatic rings. The summed E-state index contributed by atoms with van der Waals surface area (Å²) in [6.45, 7) is 8.10. The minimum Gasteiger partial charge on any atom is -0.383 e. The van der Waals surface area contributed by atoms with Crippen LogP contribution in [-0.4, -0.2) is 102 Å². The molecule has 0 aromatic carbocycles. The molecular weight excluding hydrogens is 450 g/mol. The number of hydrogen-bond donors (Lipinski definition) is 0. The summed E-state index contributed by atoms with van der Waals surface area (Å²) in [6.07, 6.45) is 7.48. The second-order valence-electron chi connectivity index (χ2n) is 9.01. The Morgan fingerprint density at radius 1 is 1.12 bits per heavy atom. The van der Waals surface area contributed by atoms with Gasteiger partial charge in [-0.15, -0.1) is 11.3 Å². The summed E-state index contributed by atoms with van der Waals surface area (Å²) in [4.78, 5) is 27.9. The Balaban J connectivity index is 1.35. The maximum Gasteiger partial charge on any atom is 0.166 e. The minimum absolute atomic E-state index is 0.642. The number of nitrogens with zero attached hydrogens (tertiary/aromatic N) is 7. The van der Waals surface area contributed by atoms with Gasteiger partial charge in [0.1, 0.15) is 17.0 Å². The van der Waals surface area contributed by atoms with E-state index in [-0.39, 0.29) is 0 Å². The Kier molecular flexibility index (Phi) is 7.60. The topological polar surface area (TPSA) is 79.7 Å². The number of thiophene rings is 1. The quantitative estimate of drug-likeness (QED) is 0.480. The lowest BCUT2D eigenvalue weighted by Crippen LogP contribution is -2.43. The molecule has 0 saturated carbocycles. The van der Waals surface area contributed by atoms with E-state index in [0.29, 0.717) is 11.9 Å². The predicted molar refractivity (Wildman–Crippen MR) is 134 cm³/mol. The molecule has 0 amide bonds. The zero-order valence-electron chi connectivity index (χ0n) is 20.0. The van der Waals surface area contributed by atoms with E-state index in [1.54, 1.807) is 30.8 Å². The molecule has 0 atom stereocenters. The summed E-state index contributed by atoms with van der Waals surface area (Å²) in [5.41, 5.74) is 0.841. The summed E-state index contributed by atoms with van der Waals surface area (Å²) in [7, 11) is 3.99. The average molecular weight is 484 g/mol. The number of morpholine rings is 1. The van der Waals surface area contributed by atoms with Gasteiger partial charge in [0, 0.05) is 69.7 Å². The molecule has 0 unspecified atom stereocenters. The highest BCUT2D eigenvalue weighted by Gasteiger charge is 2.24. The van der Waals surface area contributed by atoms with Crippen molar-refractivity contribution in [3.8, 4) is 11.4 Å². The number of hydrogen-bond acceptors (Lipinski definition) is 10. The molecule has 34 heavy (non-hydrogen) atoms. The summed E-state index contributed by atoms with van der Waals surface area (Å²) in [6, 6.07) is 2.94. The fraction of sp³-hybridized carbons (Fsp3) is 0.583. The highest BCUT2D eigenvalue weighted by atomic mass is 32.1. The van der Waals surface area contributed by atoms with Gasteiger partial charge < -0.3 is 19.3 Å². The van der Waals surface area contributed by atoms with Crippen molar-refractivity contribution in [1.82, 2.24) is 29.7 Å². The van der Waals surface area contributed by atoms with Crippen LogP contribution in [-0.2, 0) is 16.0 Å². The summed E-state index contributed by atoms with van der Waals surface area (Å²) >= 11 is 1.78. The summed E-state index contributed by atoms with van der Waals surface area (Å²) in [5, 5.41) is 1.14. The highest BCUT2D eigenvalue weighted by Crippen LogP contribution is 2.34. The fourth-order valence-electron chi connectivity index (χ4n) is 4.75. The number of likely N-dealkylation sites (tertiary alicyclic amines) is 1. The van der Waals surface area contributed by atoms with Gasteiger partial charge in [0.25, 0.3) is 0 Å². The van der Waals surface area contributed by atoms with Gasteiger partial charge in [-0.1, -0.05) is 0 Å². The molecule has 0 N–H and O–H groups in total. The smallest absolute Gasteiger partial charge is 0.166 e. The zero-order chi connectivity index (χ0) is 23.3. The van der Waals surface area contributed by atoms with Crippen LogP contribution in [0.5, 0.6) is 0 Å². The molecule has 0 aliphatic carbocycles. The maximum atomic E-state index is 5.58. The number of ether oxygens (including phenoxy) is 2. The van der Waals surface area contributed by atoms with Crippen molar-refractivity contribution in [1.29, 1.82) is 0 Å². The first-order chi connectivity index (χ1) is 16.7. The Morgan fingerprint density at radius 2 is 1.88 bits per heavy atom. The third-order valence-electron chi connectivity index (χ3n) is 6.76. The molecule has 9 nitrogen and oxygen atoms in total. The number of fused-ring (bicyclic) bond motifs is 1. The van der Waals surface area contributed by atoms with Gasteiger partial charge >= 0.3 is 0 Å². The Labute approximate surface area is 204 Å². The van der Waals surface area contributed by atoms with Crippen LogP contribution in [0.3, 0.4) is 0 Å². The first kappa shape index (κ1) is 23.5. The molecule has 3 aromatic heterocycles. The molecule has 0 bridgehead atoms. The summed E-state index contributed by atoms with van der Waals surface area (Å²) in [5.74, 6) is 1.68. The lowest BCUT2D eigenvalue weighted by molar-refractivity contribution is 0.0948. The van der Waals surface area contributed by atoms with E-state index in [1.807, 2.05) is 0 Å². The molecule has 5 heterocycles. The molecule has 2 saturated heterocycles. The van der Waals surface area contributed by atoms with Gasteiger partial charge in [-0.05, 0) is 26.0 Å². The van der Waals surface area contributed by atoms with E-state index in [2.05, 4.69) is 37.8 Å². The fourth-order valence-corrected chi connectivity index (χ4v) is 5.82. The van der Waals surface area contributed by atoms with Crippen LogP contribution < -0.4 is 4.90 Å².